The fraction of sp³-hybridized carbons (Fsp3) is 0.118. The molecule has 0 atom stereocenters. The highest BCUT2D eigenvalue weighted by atomic mass is 79.9. The first kappa shape index (κ1) is 17.7. The van der Waals surface area contributed by atoms with Gasteiger partial charge in [0.15, 0.2) is 0 Å². The van der Waals surface area contributed by atoms with Gasteiger partial charge in [0.2, 0.25) is 5.91 Å². The molecular weight excluding hydrogens is 374 g/mol. The molecule has 0 unspecified atom stereocenters. The maximum atomic E-state index is 12.1. The summed E-state index contributed by atoms with van der Waals surface area (Å²) in [6.45, 7) is 1.41. The van der Waals surface area contributed by atoms with E-state index in [0.29, 0.717) is 17.0 Å². The summed E-state index contributed by atoms with van der Waals surface area (Å²) in [5.41, 5.74) is 4.20. The predicted octanol–water partition coefficient (Wildman–Crippen LogP) is 3.18. The third-order valence-electron chi connectivity index (χ3n) is 3.00. The van der Waals surface area contributed by atoms with Crippen molar-refractivity contribution >= 4 is 39.6 Å². The van der Waals surface area contributed by atoms with E-state index in [-0.39, 0.29) is 11.8 Å². The topological polar surface area (TPSA) is 79.8 Å². The largest absolute Gasteiger partial charge is 0.496 e. The number of nitrogens with zero attached hydrogens (tertiary/aromatic N) is 1. The first-order valence-corrected chi connectivity index (χ1v) is 7.83. The van der Waals surface area contributed by atoms with Gasteiger partial charge in [-0.15, -0.1) is 0 Å². The van der Waals surface area contributed by atoms with Gasteiger partial charge in [-0.1, -0.05) is 6.07 Å². The Bertz CT molecular complexity index is 790. The van der Waals surface area contributed by atoms with Gasteiger partial charge in [0.1, 0.15) is 5.75 Å². The molecule has 2 aromatic rings. The highest BCUT2D eigenvalue weighted by Gasteiger charge is 2.06. The maximum absolute atomic E-state index is 12.1. The number of carbonyl (C=O) groups excluding carboxylic acids is 2. The van der Waals surface area contributed by atoms with E-state index in [9.17, 15) is 9.59 Å². The molecular formula is C17H16BrN3O3. The number of hydrogen-bond donors (Lipinski definition) is 2. The minimum Gasteiger partial charge on any atom is -0.496 e. The molecule has 0 aliphatic carbocycles. The predicted molar refractivity (Wildman–Crippen MR) is 96.5 cm³/mol. The van der Waals surface area contributed by atoms with E-state index < -0.39 is 0 Å². The molecule has 0 heterocycles. The number of ether oxygens (including phenoxy) is 1. The first-order valence-electron chi connectivity index (χ1n) is 7.04. The quantitative estimate of drug-likeness (QED) is 0.608. The second-order valence-corrected chi connectivity index (χ2v) is 5.71. The Morgan fingerprint density at radius 1 is 1.21 bits per heavy atom. The zero-order valence-corrected chi connectivity index (χ0v) is 14.8. The molecule has 2 N–H and O–H groups in total. The second kappa shape index (κ2) is 8.26. The highest BCUT2D eigenvalue weighted by Crippen LogP contribution is 2.24. The van der Waals surface area contributed by atoms with Crippen molar-refractivity contribution in [2.24, 2.45) is 5.10 Å². The lowest BCUT2D eigenvalue weighted by Crippen LogP contribution is -2.18. The fourth-order valence-corrected chi connectivity index (χ4v) is 2.49. The average Bonchev–Trinajstić information content (AvgIpc) is 2.54. The monoisotopic (exact) mass is 389 g/mol. The lowest BCUT2D eigenvalue weighted by Gasteiger charge is -2.05. The van der Waals surface area contributed by atoms with Crippen LogP contribution in [0.2, 0.25) is 0 Å². The van der Waals surface area contributed by atoms with E-state index in [4.69, 9.17) is 4.74 Å². The first-order chi connectivity index (χ1) is 11.5. The summed E-state index contributed by atoms with van der Waals surface area (Å²) >= 11 is 3.38. The van der Waals surface area contributed by atoms with Crippen molar-refractivity contribution in [3.05, 3.63) is 58.1 Å². The molecule has 0 saturated carbocycles. The SMILES string of the molecule is COc1ccc(/C=N\NC(=O)c2cccc(NC(C)=O)c2)cc1Br. The van der Waals surface area contributed by atoms with Crippen molar-refractivity contribution in [1.29, 1.82) is 0 Å². The molecule has 0 aliphatic heterocycles. The van der Waals surface area contributed by atoms with E-state index in [0.717, 1.165) is 10.0 Å². The average molecular weight is 390 g/mol. The Hall–Kier alpha value is -2.67. The van der Waals surface area contributed by atoms with Gasteiger partial charge >= 0.3 is 0 Å². The van der Waals surface area contributed by atoms with Crippen LogP contribution in [0.1, 0.15) is 22.8 Å². The van der Waals surface area contributed by atoms with E-state index in [1.54, 1.807) is 37.4 Å². The summed E-state index contributed by atoms with van der Waals surface area (Å²) in [4.78, 5) is 23.1. The van der Waals surface area contributed by atoms with Gasteiger partial charge in [-0.3, -0.25) is 9.59 Å². The van der Waals surface area contributed by atoms with Crippen molar-refractivity contribution < 1.29 is 14.3 Å². The zero-order valence-electron chi connectivity index (χ0n) is 13.2. The molecule has 0 spiro atoms. The van der Waals surface area contributed by atoms with E-state index in [1.807, 2.05) is 12.1 Å². The summed E-state index contributed by atoms with van der Waals surface area (Å²) in [5.74, 6) is 0.146. The number of carbonyl (C=O) groups is 2. The Morgan fingerprint density at radius 3 is 2.67 bits per heavy atom. The number of hydrazone groups is 1. The van der Waals surface area contributed by atoms with Crippen LogP contribution >= 0.6 is 15.9 Å². The van der Waals surface area contributed by atoms with Crippen molar-refractivity contribution in [2.75, 3.05) is 12.4 Å². The highest BCUT2D eigenvalue weighted by molar-refractivity contribution is 9.10. The van der Waals surface area contributed by atoms with Crippen LogP contribution in [-0.4, -0.2) is 25.1 Å². The van der Waals surface area contributed by atoms with Crippen LogP contribution in [0.15, 0.2) is 52.0 Å². The molecule has 24 heavy (non-hydrogen) atoms. The van der Waals surface area contributed by atoms with Crippen molar-refractivity contribution in [3.8, 4) is 5.75 Å². The number of methoxy groups -OCH3 is 1. The van der Waals surface area contributed by atoms with Crippen LogP contribution in [0.25, 0.3) is 0 Å². The van der Waals surface area contributed by atoms with Crippen molar-refractivity contribution in [2.45, 2.75) is 6.92 Å². The summed E-state index contributed by atoms with van der Waals surface area (Å²) < 4.78 is 5.94. The van der Waals surface area contributed by atoms with Crippen LogP contribution in [0.5, 0.6) is 5.75 Å². The second-order valence-electron chi connectivity index (χ2n) is 4.86. The van der Waals surface area contributed by atoms with E-state index in [1.165, 1.54) is 13.1 Å². The summed E-state index contributed by atoms with van der Waals surface area (Å²) in [6, 6.07) is 12.0. The Balaban J connectivity index is 2.02. The molecule has 2 aromatic carbocycles. The molecule has 2 rings (SSSR count). The summed E-state index contributed by atoms with van der Waals surface area (Å²) in [7, 11) is 1.59. The third-order valence-corrected chi connectivity index (χ3v) is 3.62. The van der Waals surface area contributed by atoms with Gasteiger partial charge in [-0.2, -0.15) is 5.10 Å². The zero-order chi connectivity index (χ0) is 17.5. The molecule has 2 amide bonds. The summed E-state index contributed by atoms with van der Waals surface area (Å²) in [5, 5.41) is 6.56. The van der Waals surface area contributed by atoms with Gasteiger partial charge in [0, 0.05) is 18.2 Å². The van der Waals surface area contributed by atoms with Crippen molar-refractivity contribution in [3.63, 3.8) is 0 Å². The third kappa shape index (κ3) is 4.92. The van der Waals surface area contributed by atoms with E-state index in [2.05, 4.69) is 31.8 Å². The number of hydrogen-bond acceptors (Lipinski definition) is 4. The number of anilines is 1. The molecule has 0 bridgehead atoms. The van der Waals surface area contributed by atoms with Crippen LogP contribution in [0.3, 0.4) is 0 Å². The molecule has 7 heteroatoms. The minimum absolute atomic E-state index is 0.198. The maximum Gasteiger partial charge on any atom is 0.271 e. The Kier molecular flexibility index (Phi) is 6.08. The molecule has 0 aliphatic rings. The molecule has 0 fully saturated rings. The van der Waals surface area contributed by atoms with Gasteiger partial charge in [-0.05, 0) is 57.9 Å². The van der Waals surface area contributed by atoms with Crippen LogP contribution in [0.4, 0.5) is 5.69 Å². The minimum atomic E-state index is -0.369. The lowest BCUT2D eigenvalue weighted by molar-refractivity contribution is -0.114. The van der Waals surface area contributed by atoms with Gasteiger partial charge < -0.3 is 10.1 Å². The standard InChI is InChI=1S/C17H16BrN3O3/c1-11(22)20-14-5-3-4-13(9-14)17(23)21-19-10-12-6-7-16(24-2)15(18)8-12/h3-10H,1-2H3,(H,20,22)(H,21,23)/b19-10-. The number of halogens is 1. The smallest absolute Gasteiger partial charge is 0.271 e. The number of nitrogens with one attached hydrogen (secondary N) is 2. The number of amides is 2. The number of rotatable bonds is 5. The Morgan fingerprint density at radius 2 is 2.00 bits per heavy atom. The van der Waals surface area contributed by atoms with Crippen molar-refractivity contribution in [1.82, 2.24) is 5.43 Å². The molecule has 0 saturated heterocycles. The van der Waals surface area contributed by atoms with Crippen LogP contribution in [0, 0.1) is 0 Å². The molecule has 0 aromatic heterocycles. The van der Waals surface area contributed by atoms with Crippen LogP contribution in [-0.2, 0) is 4.79 Å². The summed E-state index contributed by atoms with van der Waals surface area (Å²) in [6.07, 6.45) is 1.53. The van der Waals surface area contributed by atoms with Gasteiger partial charge in [-0.25, -0.2) is 5.43 Å². The van der Waals surface area contributed by atoms with Gasteiger partial charge in [0.05, 0.1) is 17.8 Å². The fourth-order valence-electron chi connectivity index (χ4n) is 1.93. The van der Waals surface area contributed by atoms with E-state index >= 15 is 0 Å². The molecule has 124 valence electrons. The van der Waals surface area contributed by atoms with Gasteiger partial charge in [0.25, 0.3) is 5.91 Å². The molecule has 6 nitrogen and oxygen atoms in total. The Labute approximate surface area is 148 Å². The van der Waals surface area contributed by atoms with Crippen LogP contribution < -0.4 is 15.5 Å². The number of benzene rings is 2. The lowest BCUT2D eigenvalue weighted by atomic mass is 10.2. The molecule has 0 radical (unpaired) electrons. The normalized spacial score (nSPS) is 10.5.